The molecule has 1 fully saturated rings. The fourth-order valence-electron chi connectivity index (χ4n) is 2.09. The maximum absolute atomic E-state index is 12.5. The number of carbonyl (C=O) groups excluding carboxylic acids is 2. The summed E-state index contributed by atoms with van der Waals surface area (Å²) < 4.78 is 0.224. The van der Waals surface area contributed by atoms with Crippen LogP contribution in [0.2, 0.25) is 5.02 Å². The molecule has 1 aliphatic rings. The Kier molecular flexibility index (Phi) is 4.61. The fourth-order valence-corrected chi connectivity index (χ4v) is 3.52. The first kappa shape index (κ1) is 15.9. The smallest absolute Gasteiger partial charge is 0.268 e. The topological polar surface area (TPSA) is 37.4 Å². The number of rotatable bonds is 2. The molecule has 114 valence electrons. The molecule has 0 radical (unpaired) electrons. The predicted molar refractivity (Wildman–Crippen MR) is 97.2 cm³/mol. The van der Waals surface area contributed by atoms with E-state index in [2.05, 4.69) is 0 Å². The Labute approximate surface area is 147 Å². The number of hydrogen-bond acceptors (Lipinski definition) is 4. The molecule has 0 saturated carbocycles. The number of carbonyl (C=O) groups is 2. The van der Waals surface area contributed by atoms with Crippen LogP contribution in [0.15, 0.2) is 59.5 Å². The average Bonchev–Trinajstić information content (AvgIpc) is 2.84. The van der Waals surface area contributed by atoms with E-state index in [1.807, 2.05) is 12.1 Å². The van der Waals surface area contributed by atoms with Gasteiger partial charge in [-0.3, -0.25) is 9.59 Å². The molecule has 1 saturated heterocycles. The zero-order chi connectivity index (χ0) is 16.4. The second-order valence-corrected chi connectivity index (χ2v) is 6.79. The minimum Gasteiger partial charge on any atom is -0.268 e. The van der Waals surface area contributed by atoms with Gasteiger partial charge >= 0.3 is 0 Å². The Morgan fingerprint density at radius 1 is 1.09 bits per heavy atom. The van der Waals surface area contributed by atoms with Crippen LogP contribution in [0.5, 0.6) is 0 Å². The van der Waals surface area contributed by atoms with Crippen molar-refractivity contribution in [1.82, 2.24) is 4.90 Å². The molecule has 3 rings (SSSR count). The molecule has 2 amide bonds. The molecule has 2 aromatic carbocycles. The molecular weight excluding hydrogens is 350 g/mol. The van der Waals surface area contributed by atoms with E-state index in [1.54, 1.807) is 48.5 Å². The highest BCUT2D eigenvalue weighted by Crippen LogP contribution is 2.34. The van der Waals surface area contributed by atoms with Crippen molar-refractivity contribution in [1.29, 1.82) is 0 Å². The Morgan fingerprint density at radius 3 is 2.43 bits per heavy atom. The lowest BCUT2D eigenvalue weighted by Gasteiger charge is -2.12. The van der Waals surface area contributed by atoms with Gasteiger partial charge in [-0.15, -0.1) is 0 Å². The zero-order valence-electron chi connectivity index (χ0n) is 11.7. The summed E-state index contributed by atoms with van der Waals surface area (Å²) in [7, 11) is 0. The molecule has 1 aliphatic heterocycles. The first-order chi connectivity index (χ1) is 11.1. The van der Waals surface area contributed by atoms with E-state index < -0.39 is 11.8 Å². The monoisotopic (exact) mass is 359 g/mol. The molecule has 23 heavy (non-hydrogen) atoms. The predicted octanol–water partition coefficient (Wildman–Crippen LogP) is 4.38. The fraction of sp³-hybridized carbons (Fsp3) is 0. The number of thioether (sulfide) groups is 1. The number of nitrogens with zero attached hydrogens (tertiary/aromatic N) is 1. The zero-order valence-corrected chi connectivity index (χ0v) is 14.1. The highest BCUT2D eigenvalue weighted by molar-refractivity contribution is 8.26. The van der Waals surface area contributed by atoms with Crippen LogP contribution in [-0.4, -0.2) is 21.0 Å². The third kappa shape index (κ3) is 3.22. The van der Waals surface area contributed by atoms with Crippen molar-refractivity contribution in [3.63, 3.8) is 0 Å². The van der Waals surface area contributed by atoms with Crippen molar-refractivity contribution in [2.24, 2.45) is 0 Å². The number of hydrogen-bond donors (Lipinski definition) is 0. The van der Waals surface area contributed by atoms with E-state index in [0.717, 1.165) is 16.7 Å². The van der Waals surface area contributed by atoms with Gasteiger partial charge in [-0.05, 0) is 29.8 Å². The van der Waals surface area contributed by atoms with Crippen LogP contribution in [-0.2, 0) is 4.79 Å². The third-order valence-electron chi connectivity index (χ3n) is 3.21. The van der Waals surface area contributed by atoms with Gasteiger partial charge < -0.3 is 0 Å². The standard InChI is InChI=1S/C17H10ClNO2S2/c18-13-9-5-4-8-12(13)10-14-16(21)19(17(22)23-14)15(20)11-6-2-1-3-7-11/h1-10H/b14-10-. The number of halogens is 1. The first-order valence-electron chi connectivity index (χ1n) is 6.70. The van der Waals surface area contributed by atoms with Gasteiger partial charge in [0.2, 0.25) is 0 Å². The Hall–Kier alpha value is -1.95. The van der Waals surface area contributed by atoms with E-state index in [-0.39, 0.29) is 4.32 Å². The highest BCUT2D eigenvalue weighted by Gasteiger charge is 2.37. The first-order valence-corrected chi connectivity index (χ1v) is 8.30. The van der Waals surface area contributed by atoms with Crippen molar-refractivity contribution in [3.05, 3.63) is 75.7 Å². The molecule has 0 spiro atoms. The number of thiocarbonyl (C=S) groups is 1. The molecule has 3 nitrogen and oxygen atoms in total. The molecule has 2 aromatic rings. The average molecular weight is 360 g/mol. The maximum Gasteiger partial charge on any atom is 0.273 e. The van der Waals surface area contributed by atoms with Crippen molar-refractivity contribution in [3.8, 4) is 0 Å². The molecule has 6 heteroatoms. The van der Waals surface area contributed by atoms with E-state index in [1.165, 1.54) is 0 Å². The molecule has 0 unspecified atom stereocenters. The number of amides is 2. The van der Waals surface area contributed by atoms with Gasteiger partial charge in [-0.1, -0.05) is 72.0 Å². The van der Waals surface area contributed by atoms with Crippen LogP contribution >= 0.6 is 35.6 Å². The summed E-state index contributed by atoms with van der Waals surface area (Å²) in [5, 5.41) is 0.534. The lowest BCUT2D eigenvalue weighted by atomic mass is 10.2. The Bertz CT molecular complexity index is 833. The summed E-state index contributed by atoms with van der Waals surface area (Å²) >= 11 is 12.4. The maximum atomic E-state index is 12.5. The Morgan fingerprint density at radius 2 is 1.74 bits per heavy atom. The van der Waals surface area contributed by atoms with Gasteiger partial charge in [-0.25, -0.2) is 4.90 Å². The van der Waals surface area contributed by atoms with Crippen molar-refractivity contribution >= 4 is 57.8 Å². The summed E-state index contributed by atoms with van der Waals surface area (Å²) in [6, 6.07) is 15.8. The van der Waals surface area contributed by atoms with E-state index in [9.17, 15) is 9.59 Å². The number of imide groups is 1. The minimum absolute atomic E-state index is 0.224. The molecule has 0 aliphatic carbocycles. The SMILES string of the molecule is O=C1/C(=C/c2ccccc2Cl)SC(=S)N1C(=O)c1ccccc1. The van der Waals surface area contributed by atoms with E-state index >= 15 is 0 Å². The lowest BCUT2D eigenvalue weighted by molar-refractivity contribution is -0.120. The summed E-state index contributed by atoms with van der Waals surface area (Å²) in [6.45, 7) is 0. The second kappa shape index (κ2) is 6.66. The highest BCUT2D eigenvalue weighted by atomic mass is 35.5. The van der Waals surface area contributed by atoms with E-state index in [0.29, 0.717) is 21.1 Å². The van der Waals surface area contributed by atoms with Gasteiger partial charge in [-0.2, -0.15) is 0 Å². The minimum atomic E-state index is -0.422. The number of benzene rings is 2. The summed E-state index contributed by atoms with van der Waals surface area (Å²) in [5.74, 6) is -0.843. The van der Waals surface area contributed by atoms with Gasteiger partial charge in [0.25, 0.3) is 11.8 Å². The third-order valence-corrected chi connectivity index (χ3v) is 4.86. The summed E-state index contributed by atoms with van der Waals surface area (Å²) in [5.41, 5.74) is 1.13. The largest absolute Gasteiger partial charge is 0.273 e. The molecule has 0 atom stereocenters. The van der Waals surface area contributed by atoms with Gasteiger partial charge in [0, 0.05) is 10.6 Å². The van der Waals surface area contributed by atoms with Crippen LogP contribution in [0, 0.1) is 0 Å². The van der Waals surface area contributed by atoms with Crippen LogP contribution in [0.3, 0.4) is 0 Å². The molecule has 1 heterocycles. The van der Waals surface area contributed by atoms with Crippen molar-refractivity contribution < 1.29 is 9.59 Å². The van der Waals surface area contributed by atoms with Crippen LogP contribution in [0.25, 0.3) is 6.08 Å². The summed E-state index contributed by atoms with van der Waals surface area (Å²) in [4.78, 5) is 26.4. The van der Waals surface area contributed by atoms with Gasteiger partial charge in [0.1, 0.15) is 0 Å². The van der Waals surface area contributed by atoms with Gasteiger partial charge in [0.15, 0.2) is 4.32 Å². The summed E-state index contributed by atoms with van der Waals surface area (Å²) in [6.07, 6.45) is 1.65. The van der Waals surface area contributed by atoms with Crippen LogP contribution in [0.4, 0.5) is 0 Å². The molecule has 0 N–H and O–H groups in total. The normalized spacial score (nSPS) is 16.2. The lowest BCUT2D eigenvalue weighted by Crippen LogP contribution is -2.34. The quantitative estimate of drug-likeness (QED) is 0.453. The van der Waals surface area contributed by atoms with Gasteiger partial charge in [0.05, 0.1) is 4.91 Å². The molecule has 0 aromatic heterocycles. The van der Waals surface area contributed by atoms with Crippen LogP contribution in [0.1, 0.15) is 15.9 Å². The molecule has 0 bridgehead atoms. The Balaban J connectivity index is 1.92. The second-order valence-electron chi connectivity index (χ2n) is 4.71. The van der Waals surface area contributed by atoms with Crippen molar-refractivity contribution in [2.75, 3.05) is 0 Å². The van der Waals surface area contributed by atoms with Crippen LogP contribution < -0.4 is 0 Å². The van der Waals surface area contributed by atoms with Crippen molar-refractivity contribution in [2.45, 2.75) is 0 Å². The van der Waals surface area contributed by atoms with E-state index in [4.69, 9.17) is 23.8 Å². The molecular formula is C17H10ClNO2S2.